The van der Waals surface area contributed by atoms with E-state index in [2.05, 4.69) is 10.6 Å². The number of fused-ring (bicyclic) bond motifs is 2. The average Bonchev–Trinajstić information content (AvgIpc) is 2.98. The molecule has 8 heteroatoms. The molecular formula is C24H25N3O5. The van der Waals surface area contributed by atoms with Crippen molar-refractivity contribution in [1.82, 2.24) is 10.2 Å². The van der Waals surface area contributed by atoms with E-state index in [1.165, 1.54) is 0 Å². The molecule has 1 atom stereocenters. The van der Waals surface area contributed by atoms with Crippen LogP contribution in [0.15, 0.2) is 48.5 Å². The van der Waals surface area contributed by atoms with Crippen molar-refractivity contribution in [3.05, 3.63) is 59.7 Å². The van der Waals surface area contributed by atoms with E-state index >= 15 is 0 Å². The molecule has 2 aromatic carbocycles. The number of amides is 4. The maximum absolute atomic E-state index is 13.3. The number of hydrogen-bond donors (Lipinski definition) is 2. The number of hydrogen-bond acceptors (Lipinski definition) is 5. The predicted molar refractivity (Wildman–Crippen MR) is 117 cm³/mol. The predicted octanol–water partition coefficient (Wildman–Crippen LogP) is 3.08. The van der Waals surface area contributed by atoms with E-state index in [1.807, 2.05) is 13.8 Å². The van der Waals surface area contributed by atoms with Crippen molar-refractivity contribution in [2.75, 3.05) is 18.5 Å². The van der Waals surface area contributed by atoms with Gasteiger partial charge in [-0.15, -0.1) is 0 Å². The number of nitrogens with one attached hydrogen (secondary N) is 2. The monoisotopic (exact) mass is 435 g/mol. The summed E-state index contributed by atoms with van der Waals surface area (Å²) in [5, 5.41) is 5.57. The van der Waals surface area contributed by atoms with Crippen LogP contribution in [0.25, 0.3) is 0 Å². The standard InChI is InChI=1S/C24H25N3O5/c1-15(2)13-21(29)25-17-9-7-16(8-10-17)19(28)14-27-22(30)24(26-23(27)31)11-12-32-20-6-4-3-5-18(20)24/h3-10,15H,11-14H2,1-2H3,(H,25,29)(H,26,31)/t24-/m0/s1. The molecule has 0 aliphatic carbocycles. The summed E-state index contributed by atoms with van der Waals surface area (Å²) in [7, 11) is 0. The molecule has 0 unspecified atom stereocenters. The second-order valence-electron chi connectivity index (χ2n) is 8.47. The second-order valence-corrected chi connectivity index (χ2v) is 8.47. The largest absolute Gasteiger partial charge is 0.493 e. The average molecular weight is 435 g/mol. The SMILES string of the molecule is CC(C)CC(=O)Nc1ccc(C(=O)CN2C(=O)N[C@]3(CCOc4ccccc43)C2=O)cc1. The summed E-state index contributed by atoms with van der Waals surface area (Å²) < 4.78 is 5.62. The molecule has 2 aliphatic heterocycles. The normalized spacial score (nSPS) is 19.5. The molecular weight excluding hydrogens is 410 g/mol. The van der Waals surface area contributed by atoms with Gasteiger partial charge in [-0.05, 0) is 36.2 Å². The summed E-state index contributed by atoms with van der Waals surface area (Å²) in [5.41, 5.74) is 0.318. The van der Waals surface area contributed by atoms with Crippen LogP contribution < -0.4 is 15.4 Å². The highest BCUT2D eigenvalue weighted by molar-refractivity contribution is 6.11. The molecule has 0 saturated carbocycles. The zero-order chi connectivity index (χ0) is 22.9. The summed E-state index contributed by atoms with van der Waals surface area (Å²) in [5.74, 6) is -0.128. The van der Waals surface area contributed by atoms with Gasteiger partial charge in [0, 0.05) is 29.7 Å². The first-order valence-corrected chi connectivity index (χ1v) is 10.6. The molecule has 8 nitrogen and oxygen atoms in total. The Labute approximate surface area is 185 Å². The minimum absolute atomic E-state index is 0.0968. The van der Waals surface area contributed by atoms with Gasteiger partial charge in [0.15, 0.2) is 11.3 Å². The second kappa shape index (κ2) is 8.45. The van der Waals surface area contributed by atoms with Crippen LogP contribution in [0.5, 0.6) is 5.75 Å². The van der Waals surface area contributed by atoms with E-state index in [-0.39, 0.29) is 30.8 Å². The van der Waals surface area contributed by atoms with Gasteiger partial charge in [-0.3, -0.25) is 19.3 Å². The van der Waals surface area contributed by atoms with Crippen molar-refractivity contribution in [3.8, 4) is 5.75 Å². The number of Topliss-reactive ketones (excluding diaryl/α,β-unsaturated/α-hetero) is 1. The molecule has 1 fully saturated rings. The molecule has 0 bridgehead atoms. The van der Waals surface area contributed by atoms with Crippen LogP contribution >= 0.6 is 0 Å². The van der Waals surface area contributed by atoms with Gasteiger partial charge in [-0.1, -0.05) is 32.0 Å². The smallest absolute Gasteiger partial charge is 0.325 e. The summed E-state index contributed by atoms with van der Waals surface area (Å²) in [6.07, 6.45) is 0.701. The fourth-order valence-electron chi connectivity index (χ4n) is 4.07. The van der Waals surface area contributed by atoms with E-state index in [0.717, 1.165) is 4.90 Å². The van der Waals surface area contributed by atoms with Crippen molar-refractivity contribution in [3.63, 3.8) is 0 Å². The molecule has 166 valence electrons. The number of ether oxygens (including phenoxy) is 1. The fourth-order valence-corrected chi connectivity index (χ4v) is 4.07. The van der Waals surface area contributed by atoms with Crippen molar-refractivity contribution in [2.45, 2.75) is 32.2 Å². The molecule has 4 rings (SSSR count). The van der Waals surface area contributed by atoms with Crippen LogP contribution in [0.4, 0.5) is 10.5 Å². The van der Waals surface area contributed by atoms with Crippen LogP contribution in [0.1, 0.15) is 42.6 Å². The third-order valence-electron chi connectivity index (χ3n) is 5.64. The maximum atomic E-state index is 13.3. The zero-order valence-corrected chi connectivity index (χ0v) is 18.0. The van der Waals surface area contributed by atoms with E-state index in [0.29, 0.717) is 35.4 Å². The van der Waals surface area contributed by atoms with Gasteiger partial charge in [-0.2, -0.15) is 0 Å². The van der Waals surface area contributed by atoms with Crippen LogP contribution in [-0.4, -0.2) is 41.7 Å². The van der Waals surface area contributed by atoms with E-state index in [4.69, 9.17) is 4.74 Å². The lowest BCUT2D eigenvalue weighted by molar-refractivity contribution is -0.132. The number of para-hydroxylation sites is 1. The van der Waals surface area contributed by atoms with Gasteiger partial charge in [0.25, 0.3) is 5.91 Å². The van der Waals surface area contributed by atoms with Crippen molar-refractivity contribution in [2.24, 2.45) is 5.92 Å². The summed E-state index contributed by atoms with van der Waals surface area (Å²) >= 11 is 0. The molecule has 1 saturated heterocycles. The highest BCUT2D eigenvalue weighted by atomic mass is 16.5. The number of anilines is 1. The molecule has 2 aromatic rings. The first-order chi connectivity index (χ1) is 15.3. The van der Waals surface area contributed by atoms with Gasteiger partial charge in [-0.25, -0.2) is 4.79 Å². The van der Waals surface area contributed by atoms with Crippen LogP contribution in [0.3, 0.4) is 0 Å². The number of carbonyl (C=O) groups is 4. The number of carbonyl (C=O) groups excluding carboxylic acids is 4. The Morgan fingerprint density at radius 1 is 1.12 bits per heavy atom. The lowest BCUT2D eigenvalue weighted by Gasteiger charge is -2.33. The zero-order valence-electron chi connectivity index (χ0n) is 18.0. The maximum Gasteiger partial charge on any atom is 0.325 e. The number of imide groups is 1. The quantitative estimate of drug-likeness (QED) is 0.536. The molecule has 2 aliphatic rings. The summed E-state index contributed by atoms with van der Waals surface area (Å²) in [6.45, 7) is 3.84. The lowest BCUT2D eigenvalue weighted by atomic mass is 9.84. The van der Waals surface area contributed by atoms with E-state index in [1.54, 1.807) is 48.5 Å². The van der Waals surface area contributed by atoms with Crippen LogP contribution in [0, 0.1) is 5.92 Å². The number of nitrogens with zero attached hydrogens (tertiary/aromatic N) is 1. The number of urea groups is 1. The molecule has 2 N–H and O–H groups in total. The van der Waals surface area contributed by atoms with Crippen molar-refractivity contribution >= 4 is 29.3 Å². The Kier molecular flexibility index (Phi) is 5.69. The Balaban J connectivity index is 1.47. The van der Waals surface area contributed by atoms with Crippen LogP contribution in [0.2, 0.25) is 0 Å². The third kappa shape index (κ3) is 3.95. The van der Waals surface area contributed by atoms with Crippen molar-refractivity contribution < 1.29 is 23.9 Å². The molecule has 4 amide bonds. The molecule has 0 aromatic heterocycles. The van der Waals surface area contributed by atoms with E-state index in [9.17, 15) is 19.2 Å². The van der Waals surface area contributed by atoms with Gasteiger partial charge in [0.05, 0.1) is 13.2 Å². The first-order valence-electron chi connectivity index (χ1n) is 10.6. The first kappa shape index (κ1) is 21.5. The van der Waals surface area contributed by atoms with Gasteiger partial charge >= 0.3 is 6.03 Å². The highest BCUT2D eigenvalue weighted by Gasteiger charge is 2.55. The molecule has 1 spiro atoms. The molecule has 32 heavy (non-hydrogen) atoms. The lowest BCUT2D eigenvalue weighted by Crippen LogP contribution is -2.47. The highest BCUT2D eigenvalue weighted by Crippen LogP contribution is 2.40. The third-order valence-corrected chi connectivity index (χ3v) is 5.64. The molecule has 0 radical (unpaired) electrons. The van der Waals surface area contributed by atoms with Gasteiger partial charge < -0.3 is 15.4 Å². The van der Waals surface area contributed by atoms with Gasteiger partial charge in [0.1, 0.15) is 5.75 Å². The molecule has 2 heterocycles. The summed E-state index contributed by atoms with van der Waals surface area (Å²) in [6, 6.07) is 12.9. The van der Waals surface area contributed by atoms with Crippen molar-refractivity contribution in [1.29, 1.82) is 0 Å². The fraction of sp³-hybridized carbons (Fsp3) is 0.333. The van der Waals surface area contributed by atoms with Gasteiger partial charge in [0.2, 0.25) is 5.91 Å². The Bertz CT molecular complexity index is 1080. The Hall–Kier alpha value is -3.68. The topological polar surface area (TPSA) is 105 Å². The number of rotatable bonds is 6. The number of benzene rings is 2. The Morgan fingerprint density at radius 2 is 1.84 bits per heavy atom. The minimum atomic E-state index is -1.21. The Morgan fingerprint density at radius 3 is 2.56 bits per heavy atom. The van der Waals surface area contributed by atoms with E-state index < -0.39 is 17.5 Å². The minimum Gasteiger partial charge on any atom is -0.493 e. The van der Waals surface area contributed by atoms with Crippen LogP contribution in [-0.2, 0) is 15.1 Å². The summed E-state index contributed by atoms with van der Waals surface area (Å²) in [4.78, 5) is 51.6. The number of ketones is 1.